The Hall–Kier alpha value is -1.36. The minimum atomic E-state index is 0.359. The van der Waals surface area contributed by atoms with Crippen molar-refractivity contribution in [1.82, 2.24) is 10.2 Å². The summed E-state index contributed by atoms with van der Waals surface area (Å²) in [7, 11) is 1.72. The molecule has 0 radical (unpaired) electrons. The first-order chi connectivity index (χ1) is 10.3. The summed E-state index contributed by atoms with van der Waals surface area (Å²) >= 11 is 1.84. The molecule has 21 heavy (non-hydrogen) atoms. The van der Waals surface area contributed by atoms with Gasteiger partial charge in [-0.15, -0.1) is 11.3 Å². The molecule has 1 atom stereocenters. The molecule has 2 aromatic rings. The van der Waals surface area contributed by atoms with Crippen molar-refractivity contribution in [2.24, 2.45) is 0 Å². The molecule has 0 aliphatic carbocycles. The number of piperazine rings is 1. The summed E-state index contributed by atoms with van der Waals surface area (Å²) < 4.78 is 5.34. The minimum Gasteiger partial charge on any atom is -0.497 e. The molecule has 0 spiro atoms. The number of ether oxygens (including phenoxy) is 1. The average Bonchev–Trinajstić information content (AvgIpc) is 3.04. The zero-order chi connectivity index (χ0) is 14.7. The van der Waals surface area contributed by atoms with E-state index in [4.69, 9.17) is 4.74 Å². The highest BCUT2D eigenvalue weighted by atomic mass is 32.1. The van der Waals surface area contributed by atoms with Gasteiger partial charge in [-0.05, 0) is 41.6 Å². The van der Waals surface area contributed by atoms with Gasteiger partial charge >= 0.3 is 0 Å². The zero-order valence-corrected chi connectivity index (χ0v) is 13.5. The molecular weight excluding hydrogens is 280 g/mol. The van der Waals surface area contributed by atoms with Crippen molar-refractivity contribution in [2.45, 2.75) is 13.0 Å². The molecule has 3 rings (SSSR count). The number of nitrogens with one attached hydrogen (secondary N) is 1. The van der Waals surface area contributed by atoms with Gasteiger partial charge in [0.2, 0.25) is 0 Å². The predicted octanol–water partition coefficient (Wildman–Crippen LogP) is 3.06. The molecule has 1 saturated heterocycles. The molecular formula is C17H22N2OS. The molecule has 1 aromatic carbocycles. The largest absolute Gasteiger partial charge is 0.497 e. The Morgan fingerprint density at radius 3 is 2.67 bits per heavy atom. The zero-order valence-electron chi connectivity index (χ0n) is 12.6. The fourth-order valence-corrected chi connectivity index (χ4v) is 3.88. The lowest BCUT2D eigenvalue weighted by Gasteiger charge is -2.35. The van der Waals surface area contributed by atoms with E-state index in [1.54, 1.807) is 7.11 Å². The lowest BCUT2D eigenvalue weighted by atomic mass is 9.97. The van der Waals surface area contributed by atoms with Gasteiger partial charge in [0, 0.05) is 31.1 Å². The molecule has 0 unspecified atom stereocenters. The molecule has 0 saturated carbocycles. The second kappa shape index (κ2) is 6.60. The Morgan fingerprint density at radius 2 is 2.05 bits per heavy atom. The van der Waals surface area contributed by atoms with Crippen molar-refractivity contribution in [2.75, 3.05) is 33.3 Å². The predicted molar refractivity (Wildman–Crippen MR) is 88.3 cm³/mol. The molecule has 1 fully saturated rings. The first kappa shape index (κ1) is 14.6. The molecule has 2 heterocycles. The van der Waals surface area contributed by atoms with Gasteiger partial charge in [0.05, 0.1) is 13.2 Å². The van der Waals surface area contributed by atoms with Gasteiger partial charge in [-0.25, -0.2) is 0 Å². The van der Waals surface area contributed by atoms with E-state index in [0.717, 1.165) is 31.9 Å². The quantitative estimate of drug-likeness (QED) is 0.939. The van der Waals surface area contributed by atoms with Gasteiger partial charge in [0.15, 0.2) is 0 Å². The number of hydrogen-bond donors (Lipinski definition) is 1. The third kappa shape index (κ3) is 3.12. The van der Waals surface area contributed by atoms with Crippen LogP contribution in [0.4, 0.5) is 0 Å². The van der Waals surface area contributed by atoms with Crippen LogP contribution >= 0.6 is 11.3 Å². The van der Waals surface area contributed by atoms with Crippen molar-refractivity contribution >= 4 is 11.3 Å². The van der Waals surface area contributed by atoms with Crippen LogP contribution in [0, 0.1) is 6.92 Å². The molecule has 1 aromatic heterocycles. The summed E-state index contributed by atoms with van der Waals surface area (Å²) in [4.78, 5) is 4.00. The fraction of sp³-hybridized carbons (Fsp3) is 0.412. The summed E-state index contributed by atoms with van der Waals surface area (Å²) in [5, 5.41) is 5.61. The number of rotatable bonds is 4. The van der Waals surface area contributed by atoms with E-state index < -0.39 is 0 Å². The van der Waals surface area contributed by atoms with Crippen molar-refractivity contribution in [3.8, 4) is 5.75 Å². The van der Waals surface area contributed by atoms with E-state index in [2.05, 4.69) is 52.9 Å². The Balaban J connectivity index is 1.98. The van der Waals surface area contributed by atoms with Crippen LogP contribution < -0.4 is 10.1 Å². The van der Waals surface area contributed by atoms with Crippen LogP contribution in [-0.4, -0.2) is 38.2 Å². The summed E-state index contributed by atoms with van der Waals surface area (Å²) in [6.45, 7) is 6.50. The van der Waals surface area contributed by atoms with Crippen molar-refractivity contribution in [3.63, 3.8) is 0 Å². The van der Waals surface area contributed by atoms with Crippen LogP contribution in [0.15, 0.2) is 35.7 Å². The molecule has 112 valence electrons. The first-order valence-electron chi connectivity index (χ1n) is 7.42. The maximum Gasteiger partial charge on any atom is 0.119 e. The van der Waals surface area contributed by atoms with Gasteiger partial charge in [-0.3, -0.25) is 4.90 Å². The number of hydrogen-bond acceptors (Lipinski definition) is 4. The van der Waals surface area contributed by atoms with Gasteiger partial charge in [-0.1, -0.05) is 12.1 Å². The summed E-state index contributed by atoms with van der Waals surface area (Å²) in [5.74, 6) is 0.932. The smallest absolute Gasteiger partial charge is 0.119 e. The van der Waals surface area contributed by atoms with Crippen LogP contribution in [-0.2, 0) is 0 Å². The van der Waals surface area contributed by atoms with E-state index in [0.29, 0.717) is 6.04 Å². The summed E-state index contributed by atoms with van der Waals surface area (Å²) in [6.07, 6.45) is 0. The van der Waals surface area contributed by atoms with Crippen LogP contribution in [0.3, 0.4) is 0 Å². The number of aryl methyl sites for hydroxylation is 1. The average molecular weight is 302 g/mol. The SMILES string of the molecule is COc1ccc([C@@H](c2cccs2)N2CCNCC2)c(C)c1. The molecule has 3 nitrogen and oxygen atoms in total. The molecule has 1 N–H and O–H groups in total. The number of nitrogens with zero attached hydrogens (tertiary/aromatic N) is 1. The van der Waals surface area contributed by atoms with Crippen molar-refractivity contribution in [3.05, 3.63) is 51.7 Å². The number of thiophene rings is 1. The molecule has 4 heteroatoms. The van der Waals surface area contributed by atoms with Gasteiger partial charge in [-0.2, -0.15) is 0 Å². The van der Waals surface area contributed by atoms with E-state index in [1.807, 2.05) is 11.3 Å². The van der Waals surface area contributed by atoms with Gasteiger partial charge in [0.25, 0.3) is 0 Å². The van der Waals surface area contributed by atoms with Crippen LogP contribution in [0.1, 0.15) is 22.0 Å². The second-order valence-corrected chi connectivity index (χ2v) is 6.41. The maximum absolute atomic E-state index is 5.34. The summed E-state index contributed by atoms with van der Waals surface area (Å²) in [6, 6.07) is 11.2. The van der Waals surface area contributed by atoms with E-state index >= 15 is 0 Å². The highest BCUT2D eigenvalue weighted by Crippen LogP contribution is 2.34. The lowest BCUT2D eigenvalue weighted by molar-refractivity contribution is 0.200. The van der Waals surface area contributed by atoms with Crippen LogP contribution in [0.5, 0.6) is 5.75 Å². The molecule has 1 aliphatic rings. The van der Waals surface area contributed by atoms with E-state index in [-0.39, 0.29) is 0 Å². The van der Waals surface area contributed by atoms with Crippen LogP contribution in [0.2, 0.25) is 0 Å². The molecule has 1 aliphatic heterocycles. The normalized spacial score (nSPS) is 17.6. The minimum absolute atomic E-state index is 0.359. The number of methoxy groups -OCH3 is 1. The Kier molecular flexibility index (Phi) is 4.58. The Morgan fingerprint density at radius 1 is 1.24 bits per heavy atom. The highest BCUT2D eigenvalue weighted by Gasteiger charge is 2.25. The first-order valence-corrected chi connectivity index (χ1v) is 8.30. The molecule has 0 bridgehead atoms. The van der Waals surface area contributed by atoms with E-state index in [1.165, 1.54) is 16.0 Å². The summed E-state index contributed by atoms with van der Waals surface area (Å²) in [5.41, 5.74) is 2.69. The second-order valence-electron chi connectivity index (χ2n) is 5.43. The van der Waals surface area contributed by atoms with E-state index in [9.17, 15) is 0 Å². The number of benzene rings is 1. The third-order valence-electron chi connectivity index (χ3n) is 4.10. The molecule has 0 amide bonds. The third-order valence-corrected chi connectivity index (χ3v) is 5.03. The van der Waals surface area contributed by atoms with Crippen molar-refractivity contribution < 1.29 is 4.74 Å². The van der Waals surface area contributed by atoms with Crippen LogP contribution in [0.25, 0.3) is 0 Å². The fourth-order valence-electron chi connectivity index (χ4n) is 3.00. The lowest BCUT2D eigenvalue weighted by Crippen LogP contribution is -2.45. The highest BCUT2D eigenvalue weighted by molar-refractivity contribution is 7.10. The monoisotopic (exact) mass is 302 g/mol. The van der Waals surface area contributed by atoms with Crippen molar-refractivity contribution in [1.29, 1.82) is 0 Å². The van der Waals surface area contributed by atoms with Gasteiger partial charge in [0.1, 0.15) is 5.75 Å². The van der Waals surface area contributed by atoms with Gasteiger partial charge < -0.3 is 10.1 Å². The standard InChI is InChI=1S/C17H22N2OS/c1-13-12-14(20-2)5-6-15(13)17(16-4-3-11-21-16)19-9-7-18-8-10-19/h3-6,11-12,17-18H,7-10H2,1-2H3/t17-/m0/s1. The Bertz CT molecular complexity index is 576. The topological polar surface area (TPSA) is 24.5 Å². The Labute approximate surface area is 130 Å². The maximum atomic E-state index is 5.34.